The maximum Gasteiger partial charge on any atom is 0.191 e. The summed E-state index contributed by atoms with van der Waals surface area (Å²) in [6, 6.07) is 8.14. The van der Waals surface area contributed by atoms with Crippen molar-refractivity contribution in [3.8, 4) is 5.75 Å². The van der Waals surface area contributed by atoms with Crippen molar-refractivity contribution in [1.29, 1.82) is 0 Å². The van der Waals surface area contributed by atoms with Gasteiger partial charge in [0.15, 0.2) is 5.96 Å². The summed E-state index contributed by atoms with van der Waals surface area (Å²) in [5.74, 6) is 3.80. The van der Waals surface area contributed by atoms with E-state index in [-0.39, 0.29) is 24.0 Å². The van der Waals surface area contributed by atoms with E-state index in [1.54, 1.807) is 0 Å². The van der Waals surface area contributed by atoms with E-state index in [2.05, 4.69) is 26.9 Å². The van der Waals surface area contributed by atoms with Crippen molar-refractivity contribution in [2.24, 2.45) is 10.7 Å². The van der Waals surface area contributed by atoms with Crippen molar-refractivity contribution in [2.45, 2.75) is 6.54 Å². The van der Waals surface area contributed by atoms with Crippen LogP contribution in [-0.2, 0) is 11.3 Å². The van der Waals surface area contributed by atoms with Crippen LogP contribution < -0.4 is 10.5 Å². The number of aliphatic imine (C=N–C) groups is 1. The summed E-state index contributed by atoms with van der Waals surface area (Å²) >= 11 is 1.97. The van der Waals surface area contributed by atoms with Gasteiger partial charge in [-0.15, -0.1) is 24.0 Å². The number of thioether (sulfide) groups is 1. The van der Waals surface area contributed by atoms with E-state index in [9.17, 15) is 0 Å². The number of ether oxygens (including phenoxy) is 2. The first-order valence-electron chi connectivity index (χ1n) is 8.96. The van der Waals surface area contributed by atoms with Crippen molar-refractivity contribution >= 4 is 41.7 Å². The molecular weight excluding hydrogens is 463 g/mol. The molecule has 0 aromatic heterocycles. The van der Waals surface area contributed by atoms with Gasteiger partial charge in [-0.3, -0.25) is 4.90 Å². The van der Waals surface area contributed by atoms with Gasteiger partial charge in [-0.25, -0.2) is 4.99 Å². The maximum atomic E-state index is 6.12. The molecular formula is C18H29IN4O2S. The molecule has 1 aromatic carbocycles. The Morgan fingerprint density at radius 1 is 1.19 bits per heavy atom. The number of rotatable bonds is 6. The van der Waals surface area contributed by atoms with E-state index in [0.717, 1.165) is 68.8 Å². The minimum Gasteiger partial charge on any atom is -0.492 e. The van der Waals surface area contributed by atoms with Crippen molar-refractivity contribution in [3.05, 3.63) is 29.8 Å². The van der Waals surface area contributed by atoms with Gasteiger partial charge in [-0.2, -0.15) is 11.8 Å². The molecule has 0 radical (unpaired) electrons. The lowest BCUT2D eigenvalue weighted by Gasteiger charge is -2.27. The number of nitrogens with two attached hydrogens (primary N) is 1. The second kappa shape index (κ2) is 11.9. The molecule has 2 fully saturated rings. The first kappa shape index (κ1) is 21.6. The summed E-state index contributed by atoms with van der Waals surface area (Å²) in [4.78, 5) is 9.08. The predicted octanol–water partition coefficient (Wildman–Crippen LogP) is 1.88. The highest BCUT2D eigenvalue weighted by molar-refractivity contribution is 14.0. The molecule has 2 N–H and O–H groups in total. The van der Waals surface area contributed by atoms with Crippen LogP contribution in [0.2, 0.25) is 0 Å². The van der Waals surface area contributed by atoms with Gasteiger partial charge in [0.25, 0.3) is 0 Å². The number of hydrogen-bond acceptors (Lipinski definition) is 5. The fraction of sp³-hybridized carbons (Fsp3) is 0.611. The normalized spacial score (nSPS) is 19.1. The minimum absolute atomic E-state index is 0. The summed E-state index contributed by atoms with van der Waals surface area (Å²) < 4.78 is 11.3. The molecule has 2 saturated heterocycles. The molecule has 6 nitrogen and oxygen atoms in total. The lowest BCUT2D eigenvalue weighted by Crippen LogP contribution is -2.42. The molecule has 146 valence electrons. The molecule has 0 bridgehead atoms. The van der Waals surface area contributed by atoms with Crippen LogP contribution in [0.25, 0.3) is 0 Å². The van der Waals surface area contributed by atoms with Gasteiger partial charge in [0.2, 0.25) is 0 Å². The molecule has 0 atom stereocenters. The van der Waals surface area contributed by atoms with Crippen molar-refractivity contribution < 1.29 is 9.47 Å². The third-order valence-electron chi connectivity index (χ3n) is 4.44. The number of hydrogen-bond donors (Lipinski definition) is 1. The van der Waals surface area contributed by atoms with Gasteiger partial charge in [-0.1, -0.05) is 12.1 Å². The van der Waals surface area contributed by atoms with Gasteiger partial charge in [0.1, 0.15) is 12.4 Å². The third-order valence-corrected chi connectivity index (χ3v) is 5.38. The summed E-state index contributed by atoms with van der Waals surface area (Å²) in [5.41, 5.74) is 7.24. The second-order valence-corrected chi connectivity index (χ2v) is 7.45. The Hall–Kier alpha value is -0.710. The Balaban J connectivity index is 0.00000243. The van der Waals surface area contributed by atoms with E-state index >= 15 is 0 Å². The van der Waals surface area contributed by atoms with Gasteiger partial charge in [0, 0.05) is 44.2 Å². The highest BCUT2D eigenvalue weighted by atomic mass is 127. The second-order valence-electron chi connectivity index (χ2n) is 6.22. The zero-order chi connectivity index (χ0) is 17.3. The molecule has 1 aromatic rings. The lowest BCUT2D eigenvalue weighted by molar-refractivity contribution is 0.0322. The quantitative estimate of drug-likeness (QED) is 0.372. The van der Waals surface area contributed by atoms with Crippen molar-refractivity contribution in [3.63, 3.8) is 0 Å². The van der Waals surface area contributed by atoms with Crippen LogP contribution in [-0.4, -0.2) is 79.8 Å². The molecule has 0 aliphatic carbocycles. The molecule has 0 spiro atoms. The van der Waals surface area contributed by atoms with Gasteiger partial charge in [0.05, 0.1) is 19.8 Å². The van der Waals surface area contributed by atoms with E-state index in [1.807, 2.05) is 23.9 Å². The number of halogens is 1. The molecule has 2 aliphatic rings. The fourth-order valence-corrected chi connectivity index (χ4v) is 3.82. The summed E-state index contributed by atoms with van der Waals surface area (Å²) in [6.45, 7) is 7.84. The summed E-state index contributed by atoms with van der Waals surface area (Å²) in [5, 5.41) is 0. The number of nitrogens with zero attached hydrogens (tertiary/aromatic N) is 3. The molecule has 2 aliphatic heterocycles. The highest BCUT2D eigenvalue weighted by Crippen LogP contribution is 2.15. The minimum atomic E-state index is 0. The monoisotopic (exact) mass is 492 g/mol. The Bertz CT molecular complexity index is 564. The maximum absolute atomic E-state index is 6.12. The standard InChI is InChI=1S/C18H28N4O2S.HI/c19-18(22-7-12-25-13-8-22)20-15-16-2-1-3-17(14-16)24-11-6-21-4-9-23-10-5-21;/h1-3,14H,4-13,15H2,(H2,19,20);1H. The van der Waals surface area contributed by atoms with Crippen LogP contribution in [0.3, 0.4) is 0 Å². The smallest absolute Gasteiger partial charge is 0.191 e. The molecule has 0 unspecified atom stereocenters. The van der Waals surface area contributed by atoms with E-state index < -0.39 is 0 Å². The summed E-state index contributed by atoms with van der Waals surface area (Å²) in [6.07, 6.45) is 0. The predicted molar refractivity (Wildman–Crippen MR) is 119 cm³/mol. The molecule has 2 heterocycles. The zero-order valence-electron chi connectivity index (χ0n) is 15.1. The van der Waals surface area contributed by atoms with E-state index in [1.165, 1.54) is 0 Å². The molecule has 0 saturated carbocycles. The van der Waals surface area contributed by atoms with Crippen LogP contribution in [0.4, 0.5) is 0 Å². The Labute approximate surface area is 177 Å². The van der Waals surface area contributed by atoms with Crippen LogP contribution in [0, 0.1) is 0 Å². The first-order valence-corrected chi connectivity index (χ1v) is 10.1. The molecule has 0 amide bonds. The Morgan fingerprint density at radius 2 is 1.96 bits per heavy atom. The number of benzene rings is 1. The van der Waals surface area contributed by atoms with Crippen LogP contribution in [0.15, 0.2) is 29.3 Å². The van der Waals surface area contributed by atoms with E-state index in [0.29, 0.717) is 19.1 Å². The summed E-state index contributed by atoms with van der Waals surface area (Å²) in [7, 11) is 0. The van der Waals surface area contributed by atoms with Crippen LogP contribution >= 0.6 is 35.7 Å². The third kappa shape index (κ3) is 7.13. The number of guanidine groups is 1. The van der Waals surface area contributed by atoms with Crippen molar-refractivity contribution in [1.82, 2.24) is 9.80 Å². The van der Waals surface area contributed by atoms with E-state index in [4.69, 9.17) is 15.2 Å². The average molecular weight is 492 g/mol. The largest absolute Gasteiger partial charge is 0.492 e. The lowest BCUT2D eigenvalue weighted by atomic mass is 10.2. The number of morpholine rings is 1. The molecule has 3 rings (SSSR count). The van der Waals surface area contributed by atoms with Crippen LogP contribution in [0.1, 0.15) is 5.56 Å². The van der Waals surface area contributed by atoms with Gasteiger partial charge in [-0.05, 0) is 17.7 Å². The molecule has 8 heteroatoms. The topological polar surface area (TPSA) is 63.3 Å². The highest BCUT2D eigenvalue weighted by Gasteiger charge is 2.12. The Morgan fingerprint density at radius 3 is 2.73 bits per heavy atom. The molecule has 26 heavy (non-hydrogen) atoms. The Kier molecular flexibility index (Phi) is 9.87. The van der Waals surface area contributed by atoms with Crippen molar-refractivity contribution in [2.75, 3.05) is 64.1 Å². The van der Waals surface area contributed by atoms with Gasteiger partial charge < -0.3 is 20.1 Å². The average Bonchev–Trinajstić information content (AvgIpc) is 2.68. The fourth-order valence-electron chi connectivity index (χ4n) is 2.92. The van der Waals surface area contributed by atoms with Gasteiger partial charge >= 0.3 is 0 Å². The zero-order valence-corrected chi connectivity index (χ0v) is 18.3. The SMILES string of the molecule is I.NC(=NCc1cccc(OCCN2CCOCC2)c1)N1CCSCC1. The van der Waals surface area contributed by atoms with Crippen LogP contribution in [0.5, 0.6) is 5.75 Å². The first-order chi connectivity index (χ1) is 12.3.